The molecule has 0 radical (unpaired) electrons. The Hall–Kier alpha value is -1.33. The third-order valence-electron chi connectivity index (χ3n) is 3.57. The van der Waals surface area contributed by atoms with Crippen LogP contribution < -0.4 is 5.56 Å². The van der Waals surface area contributed by atoms with Crippen molar-refractivity contribution in [3.8, 4) is 0 Å². The van der Waals surface area contributed by atoms with Crippen molar-refractivity contribution in [2.45, 2.75) is 50.4 Å². The van der Waals surface area contributed by atoms with Gasteiger partial charge in [0.1, 0.15) is 5.82 Å². The van der Waals surface area contributed by atoms with Crippen molar-refractivity contribution in [2.75, 3.05) is 0 Å². The average Bonchev–Trinajstić information content (AvgIpc) is 2.45. The smallest absolute Gasteiger partial charge is 0.254 e. The van der Waals surface area contributed by atoms with E-state index in [0.29, 0.717) is 33.4 Å². The molecule has 1 aromatic heterocycles. The van der Waals surface area contributed by atoms with Gasteiger partial charge in [-0.15, -0.1) is 0 Å². The molecule has 1 N–H and O–H groups in total. The first-order valence-electron chi connectivity index (χ1n) is 7.58. The second kappa shape index (κ2) is 7.49. The number of hydrogen-bond donors (Lipinski definition) is 1. The molecule has 1 aromatic carbocycles. The predicted molar refractivity (Wildman–Crippen MR) is 94.2 cm³/mol. The molecule has 1 atom stereocenters. The molecule has 124 valence electrons. The first-order chi connectivity index (χ1) is 10.8. The highest BCUT2D eigenvalue weighted by Gasteiger charge is 2.22. The zero-order valence-corrected chi connectivity index (χ0v) is 15.2. The second-order valence-electron chi connectivity index (χ2n) is 5.61. The molecule has 0 aliphatic heterocycles. The van der Waals surface area contributed by atoms with E-state index in [2.05, 4.69) is 9.97 Å². The minimum Gasteiger partial charge on any atom is -0.301 e. The molecule has 0 saturated carbocycles. The zero-order valence-electron chi connectivity index (χ0n) is 13.6. The quantitative estimate of drug-likeness (QED) is 0.621. The van der Waals surface area contributed by atoms with Crippen LogP contribution in [0.5, 0.6) is 0 Å². The summed E-state index contributed by atoms with van der Waals surface area (Å²) in [6, 6.07) is 4.60. The van der Waals surface area contributed by atoms with Crippen LogP contribution in [0.25, 0.3) is 0 Å². The summed E-state index contributed by atoms with van der Waals surface area (Å²) >= 11 is 7.65. The van der Waals surface area contributed by atoms with E-state index in [0.717, 1.165) is 0 Å². The Kier molecular flexibility index (Phi) is 5.87. The average molecular weight is 355 g/mol. The van der Waals surface area contributed by atoms with Crippen LogP contribution >= 0.6 is 23.4 Å². The molecular formula is C17H20ClFN2OS. The topological polar surface area (TPSA) is 45.8 Å². The van der Waals surface area contributed by atoms with Crippen molar-refractivity contribution in [1.82, 2.24) is 9.97 Å². The molecule has 23 heavy (non-hydrogen) atoms. The van der Waals surface area contributed by atoms with Gasteiger partial charge in [0.05, 0.1) is 5.69 Å². The van der Waals surface area contributed by atoms with Crippen LogP contribution in [0.3, 0.4) is 0 Å². The molecular weight excluding hydrogens is 335 g/mol. The van der Waals surface area contributed by atoms with Crippen LogP contribution in [-0.2, 0) is 6.42 Å². The Morgan fingerprint density at radius 3 is 2.61 bits per heavy atom. The number of aromatic nitrogens is 2. The zero-order chi connectivity index (χ0) is 17.1. The largest absolute Gasteiger partial charge is 0.301 e. The molecule has 0 spiro atoms. The highest BCUT2D eigenvalue weighted by molar-refractivity contribution is 7.99. The molecule has 1 unspecified atom stereocenters. The number of rotatable bonds is 5. The van der Waals surface area contributed by atoms with Gasteiger partial charge in [-0.1, -0.05) is 57.1 Å². The van der Waals surface area contributed by atoms with Gasteiger partial charge in [0.25, 0.3) is 5.56 Å². The van der Waals surface area contributed by atoms with Crippen LogP contribution in [0.15, 0.2) is 28.2 Å². The van der Waals surface area contributed by atoms with E-state index in [1.807, 2.05) is 27.7 Å². The molecule has 0 bridgehead atoms. The summed E-state index contributed by atoms with van der Waals surface area (Å²) in [5.41, 5.74) is 1.37. The standard InChI is InChI=1S/C17H20ClFN2OS/c1-5-11-15(20-17(21-16(11)22)23-9(2)3)10(4)14-12(18)7-6-8-13(14)19/h6-10H,5H2,1-4H3,(H,20,21,22). The first kappa shape index (κ1) is 18.0. The highest BCUT2D eigenvalue weighted by atomic mass is 35.5. The summed E-state index contributed by atoms with van der Waals surface area (Å²) in [4.78, 5) is 19.7. The molecule has 1 heterocycles. The van der Waals surface area contributed by atoms with Gasteiger partial charge in [-0.2, -0.15) is 0 Å². The Morgan fingerprint density at radius 1 is 1.35 bits per heavy atom. The Bertz CT molecular complexity index is 740. The lowest BCUT2D eigenvalue weighted by Crippen LogP contribution is -2.20. The molecule has 0 aliphatic carbocycles. The number of aromatic amines is 1. The fourth-order valence-electron chi connectivity index (χ4n) is 2.53. The van der Waals surface area contributed by atoms with Crippen LogP contribution in [-0.4, -0.2) is 15.2 Å². The van der Waals surface area contributed by atoms with Gasteiger partial charge in [-0.3, -0.25) is 4.79 Å². The highest BCUT2D eigenvalue weighted by Crippen LogP contribution is 2.33. The summed E-state index contributed by atoms with van der Waals surface area (Å²) in [5.74, 6) is -0.778. The second-order valence-corrected chi connectivity index (χ2v) is 7.58. The van der Waals surface area contributed by atoms with E-state index < -0.39 is 5.92 Å². The van der Waals surface area contributed by atoms with Crippen molar-refractivity contribution < 1.29 is 4.39 Å². The van der Waals surface area contributed by atoms with Gasteiger partial charge >= 0.3 is 0 Å². The molecule has 0 saturated heterocycles. The molecule has 0 amide bonds. The van der Waals surface area contributed by atoms with Crippen molar-refractivity contribution in [3.05, 3.63) is 56.2 Å². The van der Waals surface area contributed by atoms with Crippen LogP contribution in [0.1, 0.15) is 50.4 Å². The molecule has 0 aliphatic rings. The van der Waals surface area contributed by atoms with Gasteiger partial charge in [-0.05, 0) is 18.6 Å². The van der Waals surface area contributed by atoms with E-state index in [9.17, 15) is 9.18 Å². The van der Waals surface area contributed by atoms with Gasteiger partial charge < -0.3 is 4.98 Å². The Balaban J connectivity index is 2.60. The van der Waals surface area contributed by atoms with Crippen LogP contribution in [0.4, 0.5) is 4.39 Å². The van der Waals surface area contributed by atoms with E-state index >= 15 is 0 Å². The SMILES string of the molecule is CCc1c(C(C)c2c(F)cccc2Cl)nc(SC(C)C)[nH]c1=O. The molecule has 2 rings (SSSR count). The third-order valence-corrected chi connectivity index (χ3v) is 4.79. The molecule has 6 heteroatoms. The van der Waals surface area contributed by atoms with E-state index in [4.69, 9.17) is 11.6 Å². The fraction of sp³-hybridized carbons (Fsp3) is 0.412. The number of H-pyrrole nitrogens is 1. The lowest BCUT2D eigenvalue weighted by atomic mass is 9.93. The van der Waals surface area contributed by atoms with Crippen molar-refractivity contribution in [2.24, 2.45) is 0 Å². The normalized spacial score (nSPS) is 12.7. The van der Waals surface area contributed by atoms with E-state index in [1.54, 1.807) is 12.1 Å². The first-order valence-corrected chi connectivity index (χ1v) is 8.84. The van der Waals surface area contributed by atoms with Crippen LogP contribution in [0, 0.1) is 5.82 Å². The number of halogens is 2. The fourth-order valence-corrected chi connectivity index (χ4v) is 3.61. The number of thioether (sulfide) groups is 1. The minimum absolute atomic E-state index is 0.167. The third kappa shape index (κ3) is 3.96. The van der Waals surface area contributed by atoms with Gasteiger partial charge in [0.15, 0.2) is 5.16 Å². The monoisotopic (exact) mass is 354 g/mol. The van der Waals surface area contributed by atoms with Crippen molar-refractivity contribution in [1.29, 1.82) is 0 Å². The number of nitrogens with one attached hydrogen (secondary N) is 1. The van der Waals surface area contributed by atoms with Crippen molar-refractivity contribution in [3.63, 3.8) is 0 Å². The van der Waals surface area contributed by atoms with Crippen LogP contribution in [0.2, 0.25) is 5.02 Å². The summed E-state index contributed by atoms with van der Waals surface area (Å²) in [6.45, 7) is 7.76. The van der Waals surface area contributed by atoms with Crippen molar-refractivity contribution >= 4 is 23.4 Å². The summed E-state index contributed by atoms with van der Waals surface area (Å²) in [5, 5.41) is 1.18. The van der Waals surface area contributed by atoms with Gasteiger partial charge in [-0.25, -0.2) is 9.37 Å². The van der Waals surface area contributed by atoms with E-state index in [-0.39, 0.29) is 16.6 Å². The lowest BCUT2D eigenvalue weighted by Gasteiger charge is -2.18. The Labute approximate surface area is 144 Å². The summed E-state index contributed by atoms with van der Waals surface area (Å²) < 4.78 is 14.2. The lowest BCUT2D eigenvalue weighted by molar-refractivity contribution is 0.598. The molecule has 0 fully saturated rings. The Morgan fingerprint density at radius 2 is 2.04 bits per heavy atom. The maximum Gasteiger partial charge on any atom is 0.254 e. The molecule has 3 nitrogen and oxygen atoms in total. The maximum atomic E-state index is 14.2. The van der Waals surface area contributed by atoms with Gasteiger partial charge in [0.2, 0.25) is 0 Å². The number of hydrogen-bond acceptors (Lipinski definition) is 3. The number of nitrogens with zero attached hydrogens (tertiary/aromatic N) is 1. The maximum absolute atomic E-state index is 14.2. The summed E-state index contributed by atoms with van der Waals surface area (Å²) in [7, 11) is 0. The minimum atomic E-state index is -0.396. The van der Waals surface area contributed by atoms with E-state index in [1.165, 1.54) is 17.8 Å². The summed E-state index contributed by atoms with van der Waals surface area (Å²) in [6.07, 6.45) is 0.528. The molecule has 2 aromatic rings. The van der Waals surface area contributed by atoms with Gasteiger partial charge in [0, 0.05) is 27.3 Å². The predicted octanol–water partition coefficient (Wildman–Crippen LogP) is 4.78. The number of benzene rings is 1.